The summed E-state index contributed by atoms with van der Waals surface area (Å²) in [5.41, 5.74) is -1.05. The van der Waals surface area contributed by atoms with Gasteiger partial charge in [0.2, 0.25) is 0 Å². The predicted molar refractivity (Wildman–Crippen MR) is 34.0 cm³/mol. The van der Waals surface area contributed by atoms with Crippen molar-refractivity contribution in [1.82, 2.24) is 5.16 Å². The molecule has 1 heterocycles. The Bertz CT molecular complexity index is 307. The molecule has 0 radical (unpaired) electrons. The highest BCUT2D eigenvalue weighted by molar-refractivity contribution is 5.12. The van der Waals surface area contributed by atoms with Gasteiger partial charge in [-0.15, -0.1) is 6.42 Å². The Morgan fingerprint density at radius 2 is 2.25 bits per heavy atom. The third-order valence-electron chi connectivity index (χ3n) is 1.13. The molecular formula is C7H4F3NO. The molecule has 1 rings (SSSR count). The van der Waals surface area contributed by atoms with E-state index in [0.717, 1.165) is 6.07 Å². The average molecular weight is 175 g/mol. The number of hydrogen-bond acceptors (Lipinski definition) is 2. The Morgan fingerprint density at radius 3 is 2.67 bits per heavy atom. The molecule has 1 aromatic rings. The van der Waals surface area contributed by atoms with Crippen LogP contribution in [-0.2, 0) is 12.6 Å². The molecule has 0 aliphatic rings. The molecular weight excluding hydrogens is 171 g/mol. The number of terminal acetylenes is 1. The molecule has 0 aliphatic carbocycles. The highest BCUT2D eigenvalue weighted by Gasteiger charge is 2.34. The zero-order valence-corrected chi connectivity index (χ0v) is 5.85. The van der Waals surface area contributed by atoms with Crippen molar-refractivity contribution >= 4 is 0 Å². The highest BCUT2D eigenvalue weighted by atomic mass is 19.4. The number of rotatable bonds is 1. The van der Waals surface area contributed by atoms with E-state index >= 15 is 0 Å². The molecule has 1 aromatic heterocycles. The molecule has 0 saturated heterocycles. The molecule has 12 heavy (non-hydrogen) atoms. The molecule has 0 amide bonds. The standard InChI is InChI=1S/C7H4F3NO/c1-2-3-5-4-6(11-12-5)7(8,9)10/h1,4H,3H2. The number of hydrogen-bond donors (Lipinski definition) is 0. The summed E-state index contributed by atoms with van der Waals surface area (Å²) in [6.07, 6.45) is 0.415. The van der Waals surface area contributed by atoms with Crippen LogP contribution in [0.4, 0.5) is 13.2 Å². The highest BCUT2D eigenvalue weighted by Crippen LogP contribution is 2.28. The smallest absolute Gasteiger partial charge is 0.360 e. The Labute approximate surface area is 66.4 Å². The van der Waals surface area contributed by atoms with Crippen molar-refractivity contribution in [2.24, 2.45) is 0 Å². The average Bonchev–Trinajstić information content (AvgIpc) is 2.35. The van der Waals surface area contributed by atoms with Crippen LogP contribution in [0.15, 0.2) is 10.6 Å². The van der Waals surface area contributed by atoms with Crippen LogP contribution in [0, 0.1) is 12.3 Å². The van der Waals surface area contributed by atoms with Crippen LogP contribution >= 0.6 is 0 Å². The van der Waals surface area contributed by atoms with E-state index in [0.29, 0.717) is 0 Å². The summed E-state index contributed by atoms with van der Waals surface area (Å²) in [7, 11) is 0. The van der Waals surface area contributed by atoms with Crippen molar-refractivity contribution in [3.63, 3.8) is 0 Å². The van der Waals surface area contributed by atoms with E-state index in [2.05, 4.69) is 15.6 Å². The first-order valence-electron chi connectivity index (χ1n) is 3.00. The van der Waals surface area contributed by atoms with Gasteiger partial charge in [0.25, 0.3) is 0 Å². The first-order valence-corrected chi connectivity index (χ1v) is 3.00. The van der Waals surface area contributed by atoms with Crippen LogP contribution in [0.1, 0.15) is 11.5 Å². The topological polar surface area (TPSA) is 26.0 Å². The van der Waals surface area contributed by atoms with Crippen molar-refractivity contribution in [2.75, 3.05) is 0 Å². The third kappa shape index (κ3) is 1.78. The van der Waals surface area contributed by atoms with Gasteiger partial charge in [-0.25, -0.2) is 0 Å². The van der Waals surface area contributed by atoms with Gasteiger partial charge in [-0.3, -0.25) is 0 Å². The van der Waals surface area contributed by atoms with Crippen molar-refractivity contribution in [3.05, 3.63) is 17.5 Å². The molecule has 5 heteroatoms. The van der Waals surface area contributed by atoms with Gasteiger partial charge in [0, 0.05) is 6.07 Å². The lowest BCUT2D eigenvalue weighted by Crippen LogP contribution is -2.04. The Balaban J connectivity index is 2.86. The third-order valence-corrected chi connectivity index (χ3v) is 1.13. The maximum atomic E-state index is 11.9. The van der Waals surface area contributed by atoms with E-state index in [9.17, 15) is 13.2 Å². The molecule has 0 aromatic carbocycles. The first kappa shape index (κ1) is 8.65. The van der Waals surface area contributed by atoms with E-state index in [1.165, 1.54) is 0 Å². The summed E-state index contributed by atoms with van der Waals surface area (Å²) >= 11 is 0. The van der Waals surface area contributed by atoms with Gasteiger partial charge in [0.15, 0.2) is 5.69 Å². The van der Waals surface area contributed by atoms with Gasteiger partial charge in [-0.1, -0.05) is 11.1 Å². The molecule has 0 bridgehead atoms. The molecule has 0 fully saturated rings. The van der Waals surface area contributed by atoms with Gasteiger partial charge in [-0.05, 0) is 0 Å². The normalized spacial score (nSPS) is 11.2. The van der Waals surface area contributed by atoms with E-state index in [1.807, 2.05) is 0 Å². The fourth-order valence-corrected chi connectivity index (χ4v) is 0.630. The molecule has 0 atom stereocenters. The van der Waals surface area contributed by atoms with Crippen molar-refractivity contribution in [2.45, 2.75) is 12.6 Å². The molecule has 0 spiro atoms. The maximum Gasteiger partial charge on any atom is 0.436 e. The fraction of sp³-hybridized carbons (Fsp3) is 0.286. The summed E-state index contributed by atoms with van der Waals surface area (Å²) < 4.78 is 39.9. The largest absolute Gasteiger partial charge is 0.436 e. The Hall–Kier alpha value is -1.44. The van der Waals surface area contributed by atoms with Crippen LogP contribution in [0.25, 0.3) is 0 Å². The lowest BCUT2D eigenvalue weighted by Gasteiger charge is -1.97. The van der Waals surface area contributed by atoms with E-state index in [1.54, 1.807) is 0 Å². The zero-order valence-electron chi connectivity index (χ0n) is 5.85. The minimum absolute atomic E-state index is 0.0169. The summed E-state index contributed by atoms with van der Waals surface area (Å²) in [5.74, 6) is 2.19. The van der Waals surface area contributed by atoms with Crippen LogP contribution in [0.2, 0.25) is 0 Å². The minimum atomic E-state index is -4.46. The van der Waals surface area contributed by atoms with E-state index in [-0.39, 0.29) is 12.2 Å². The van der Waals surface area contributed by atoms with Crippen LogP contribution in [0.5, 0.6) is 0 Å². The van der Waals surface area contributed by atoms with Crippen LogP contribution in [-0.4, -0.2) is 5.16 Å². The number of alkyl halides is 3. The molecule has 64 valence electrons. The Kier molecular flexibility index (Phi) is 2.09. The van der Waals surface area contributed by atoms with Gasteiger partial charge in [0.1, 0.15) is 5.76 Å². The quantitative estimate of drug-likeness (QED) is 0.609. The van der Waals surface area contributed by atoms with Gasteiger partial charge in [-0.2, -0.15) is 13.2 Å². The first-order chi connectivity index (χ1) is 5.54. The molecule has 0 saturated carbocycles. The predicted octanol–water partition coefficient (Wildman–Crippen LogP) is 1.87. The Morgan fingerprint density at radius 1 is 1.58 bits per heavy atom. The van der Waals surface area contributed by atoms with Crippen molar-refractivity contribution in [1.29, 1.82) is 0 Å². The number of aromatic nitrogens is 1. The van der Waals surface area contributed by atoms with E-state index < -0.39 is 11.9 Å². The van der Waals surface area contributed by atoms with Gasteiger partial charge < -0.3 is 4.52 Å². The lowest BCUT2D eigenvalue weighted by molar-refractivity contribution is -0.142. The monoisotopic (exact) mass is 175 g/mol. The summed E-state index contributed by atoms with van der Waals surface area (Å²) in [5, 5.41) is 2.81. The molecule has 0 N–H and O–H groups in total. The lowest BCUT2D eigenvalue weighted by atomic mass is 10.3. The summed E-state index contributed by atoms with van der Waals surface area (Å²) in [4.78, 5) is 0. The molecule has 0 unspecified atom stereocenters. The van der Waals surface area contributed by atoms with Gasteiger partial charge >= 0.3 is 6.18 Å². The van der Waals surface area contributed by atoms with Gasteiger partial charge in [0.05, 0.1) is 6.42 Å². The number of nitrogens with zero attached hydrogens (tertiary/aromatic N) is 1. The second-order valence-electron chi connectivity index (χ2n) is 2.06. The SMILES string of the molecule is C#CCc1cc(C(F)(F)F)no1. The summed E-state index contributed by atoms with van der Waals surface area (Å²) in [6, 6.07) is 0.792. The molecule has 0 aliphatic heterocycles. The summed E-state index contributed by atoms with van der Waals surface area (Å²) in [6.45, 7) is 0. The fourth-order valence-electron chi connectivity index (χ4n) is 0.630. The van der Waals surface area contributed by atoms with Crippen LogP contribution < -0.4 is 0 Å². The van der Waals surface area contributed by atoms with Crippen molar-refractivity contribution < 1.29 is 17.7 Å². The zero-order chi connectivity index (χ0) is 9.19. The number of halogens is 3. The van der Waals surface area contributed by atoms with Crippen LogP contribution in [0.3, 0.4) is 0 Å². The maximum absolute atomic E-state index is 11.9. The molecule has 2 nitrogen and oxygen atoms in total. The second kappa shape index (κ2) is 2.89. The minimum Gasteiger partial charge on any atom is -0.360 e. The van der Waals surface area contributed by atoms with Crippen molar-refractivity contribution in [3.8, 4) is 12.3 Å². The van der Waals surface area contributed by atoms with E-state index in [4.69, 9.17) is 6.42 Å². The second-order valence-corrected chi connectivity index (χ2v) is 2.06.